The van der Waals surface area contributed by atoms with Gasteiger partial charge in [0, 0.05) is 42.1 Å². The molecule has 13 heteroatoms. The number of hydrogen-bond acceptors (Lipinski definition) is 8. The maximum absolute atomic E-state index is 12.9. The molecule has 182 valence electrons. The van der Waals surface area contributed by atoms with Crippen LogP contribution in [0.25, 0.3) is 0 Å². The fraction of sp³-hybridized carbons (Fsp3) is 0.227. The van der Waals surface area contributed by atoms with Crippen LogP contribution in [0, 0.1) is 0 Å². The molecule has 0 unspecified atom stereocenters. The third kappa shape index (κ3) is 5.00. The first kappa shape index (κ1) is 22.9. The van der Waals surface area contributed by atoms with E-state index in [0.29, 0.717) is 49.2 Å². The largest absolute Gasteiger partial charge is 0.486 e. The Morgan fingerprint density at radius 1 is 1.06 bits per heavy atom. The summed E-state index contributed by atoms with van der Waals surface area (Å²) in [6, 6.07) is 10.8. The molecule has 11 nitrogen and oxygen atoms in total. The van der Waals surface area contributed by atoms with Crippen molar-refractivity contribution in [2.45, 2.75) is 4.90 Å². The molecule has 0 atom stereocenters. The summed E-state index contributed by atoms with van der Waals surface area (Å²) in [6.07, 6.45) is 1.50. The number of hydrogen-bond donors (Lipinski definition) is 2. The van der Waals surface area contributed by atoms with Gasteiger partial charge in [0.15, 0.2) is 16.6 Å². The monoisotopic (exact) mass is 515 g/mol. The Balaban J connectivity index is 1.18. The minimum absolute atomic E-state index is 0.0375. The van der Waals surface area contributed by atoms with Crippen molar-refractivity contribution >= 4 is 49.8 Å². The van der Waals surface area contributed by atoms with Gasteiger partial charge in [-0.3, -0.25) is 14.4 Å². The van der Waals surface area contributed by atoms with Gasteiger partial charge in [-0.25, -0.2) is 18.2 Å². The second-order valence-electron chi connectivity index (χ2n) is 7.70. The van der Waals surface area contributed by atoms with E-state index < -0.39 is 10.0 Å². The van der Waals surface area contributed by atoms with Crippen molar-refractivity contribution in [3.05, 3.63) is 54.0 Å². The highest BCUT2D eigenvalue weighted by Gasteiger charge is 2.31. The van der Waals surface area contributed by atoms with Gasteiger partial charge in [0.05, 0.1) is 4.90 Å². The van der Waals surface area contributed by atoms with E-state index in [4.69, 9.17) is 9.47 Å². The van der Waals surface area contributed by atoms with Gasteiger partial charge in [0.2, 0.25) is 5.91 Å². The number of benzene rings is 2. The first-order valence-electron chi connectivity index (χ1n) is 10.7. The molecule has 0 radical (unpaired) electrons. The molecule has 1 fully saturated rings. The SMILES string of the molecule is O=C(CN1CCN(c2ccc3c(c2)OCCO3)C1=O)Nc1ccc(S(=O)(=O)Nc2nccs2)cc1. The summed E-state index contributed by atoms with van der Waals surface area (Å²) in [4.78, 5) is 32.4. The van der Waals surface area contributed by atoms with Crippen LogP contribution in [0.15, 0.2) is 58.9 Å². The minimum Gasteiger partial charge on any atom is -0.486 e. The van der Waals surface area contributed by atoms with E-state index >= 15 is 0 Å². The predicted octanol–water partition coefficient (Wildman–Crippen LogP) is 2.60. The highest BCUT2D eigenvalue weighted by Crippen LogP contribution is 2.35. The molecule has 0 bridgehead atoms. The van der Waals surface area contributed by atoms with E-state index in [1.54, 1.807) is 28.5 Å². The van der Waals surface area contributed by atoms with E-state index in [0.717, 1.165) is 0 Å². The fourth-order valence-electron chi connectivity index (χ4n) is 3.71. The van der Waals surface area contributed by atoms with Crippen LogP contribution in [0.4, 0.5) is 21.3 Å². The number of ether oxygens (including phenoxy) is 2. The zero-order valence-electron chi connectivity index (χ0n) is 18.3. The molecule has 0 saturated carbocycles. The average Bonchev–Trinajstić information content (AvgIpc) is 3.48. The number of carbonyl (C=O) groups excluding carboxylic acids is 2. The molecular formula is C22H21N5O6S2. The first-order valence-corrected chi connectivity index (χ1v) is 13.0. The van der Waals surface area contributed by atoms with Crippen LogP contribution in [-0.2, 0) is 14.8 Å². The smallest absolute Gasteiger partial charge is 0.325 e. The Morgan fingerprint density at radius 2 is 1.83 bits per heavy atom. The van der Waals surface area contributed by atoms with Gasteiger partial charge in [-0.1, -0.05) is 0 Å². The second kappa shape index (κ2) is 9.43. The predicted molar refractivity (Wildman–Crippen MR) is 130 cm³/mol. The lowest BCUT2D eigenvalue weighted by Gasteiger charge is -2.22. The molecule has 2 aromatic carbocycles. The summed E-state index contributed by atoms with van der Waals surface area (Å²) in [5.41, 5.74) is 1.09. The number of nitrogens with one attached hydrogen (secondary N) is 2. The molecule has 2 aliphatic rings. The van der Waals surface area contributed by atoms with Crippen molar-refractivity contribution in [2.75, 3.05) is 47.8 Å². The van der Waals surface area contributed by atoms with E-state index in [-0.39, 0.29) is 28.5 Å². The van der Waals surface area contributed by atoms with Crippen molar-refractivity contribution < 1.29 is 27.5 Å². The normalized spacial score (nSPS) is 15.3. The van der Waals surface area contributed by atoms with Crippen LogP contribution < -0.4 is 24.4 Å². The molecule has 3 amide bonds. The highest BCUT2D eigenvalue weighted by molar-refractivity contribution is 7.93. The quantitative estimate of drug-likeness (QED) is 0.495. The van der Waals surface area contributed by atoms with Gasteiger partial charge in [-0.2, -0.15) is 0 Å². The molecular weight excluding hydrogens is 494 g/mol. The van der Waals surface area contributed by atoms with Crippen molar-refractivity contribution in [2.24, 2.45) is 0 Å². The van der Waals surface area contributed by atoms with Crippen LogP contribution in [0.1, 0.15) is 0 Å². The summed E-state index contributed by atoms with van der Waals surface area (Å²) in [5.74, 6) is 0.838. The van der Waals surface area contributed by atoms with Crippen LogP contribution in [0.3, 0.4) is 0 Å². The fourth-order valence-corrected chi connectivity index (χ4v) is 5.50. The van der Waals surface area contributed by atoms with E-state index in [2.05, 4.69) is 15.0 Å². The van der Waals surface area contributed by atoms with Crippen molar-refractivity contribution in [1.29, 1.82) is 0 Å². The zero-order chi connectivity index (χ0) is 24.4. The van der Waals surface area contributed by atoms with Crippen LogP contribution >= 0.6 is 11.3 Å². The summed E-state index contributed by atoms with van der Waals surface area (Å²) < 4.78 is 38.4. The Morgan fingerprint density at radius 3 is 2.57 bits per heavy atom. The zero-order valence-corrected chi connectivity index (χ0v) is 20.0. The maximum Gasteiger partial charge on any atom is 0.325 e. The second-order valence-corrected chi connectivity index (χ2v) is 10.3. The molecule has 2 aliphatic heterocycles. The number of amides is 3. The Bertz CT molecular complexity index is 1350. The summed E-state index contributed by atoms with van der Waals surface area (Å²) >= 11 is 1.17. The van der Waals surface area contributed by atoms with Crippen molar-refractivity contribution in [1.82, 2.24) is 9.88 Å². The van der Waals surface area contributed by atoms with Gasteiger partial charge in [0.25, 0.3) is 10.0 Å². The third-order valence-electron chi connectivity index (χ3n) is 5.37. The Labute approximate surface area is 205 Å². The lowest BCUT2D eigenvalue weighted by Crippen LogP contribution is -2.37. The van der Waals surface area contributed by atoms with Crippen LogP contribution in [0.2, 0.25) is 0 Å². The first-order chi connectivity index (χ1) is 16.9. The van der Waals surface area contributed by atoms with Crippen molar-refractivity contribution in [3.63, 3.8) is 0 Å². The van der Waals surface area contributed by atoms with E-state index in [1.165, 1.54) is 46.7 Å². The molecule has 35 heavy (non-hydrogen) atoms. The van der Waals surface area contributed by atoms with E-state index in [1.807, 2.05) is 0 Å². The van der Waals surface area contributed by atoms with Gasteiger partial charge in [0.1, 0.15) is 19.8 Å². The molecule has 3 heterocycles. The summed E-state index contributed by atoms with van der Waals surface area (Å²) in [6.45, 7) is 1.63. The number of aromatic nitrogens is 1. The Kier molecular flexibility index (Phi) is 6.17. The number of rotatable bonds is 7. The average molecular weight is 516 g/mol. The molecule has 3 aromatic rings. The van der Waals surface area contributed by atoms with Gasteiger partial charge in [-0.15, -0.1) is 11.3 Å². The molecule has 1 aromatic heterocycles. The topological polar surface area (TPSA) is 130 Å². The molecule has 1 saturated heterocycles. The molecule has 0 spiro atoms. The van der Waals surface area contributed by atoms with Crippen molar-refractivity contribution in [3.8, 4) is 11.5 Å². The number of nitrogens with zero attached hydrogens (tertiary/aromatic N) is 3. The molecule has 5 rings (SSSR count). The van der Waals surface area contributed by atoms with Crippen LogP contribution in [0.5, 0.6) is 11.5 Å². The Hall–Kier alpha value is -3.84. The van der Waals surface area contributed by atoms with Gasteiger partial charge < -0.3 is 19.7 Å². The molecule has 0 aliphatic carbocycles. The third-order valence-corrected chi connectivity index (χ3v) is 7.54. The number of fused-ring (bicyclic) bond motifs is 1. The number of anilines is 3. The number of carbonyl (C=O) groups is 2. The number of sulfonamides is 1. The number of thiazole rings is 1. The lowest BCUT2D eigenvalue weighted by atomic mass is 10.2. The maximum atomic E-state index is 12.9. The highest BCUT2D eigenvalue weighted by atomic mass is 32.2. The lowest BCUT2D eigenvalue weighted by molar-refractivity contribution is -0.116. The number of urea groups is 1. The van der Waals surface area contributed by atoms with Crippen LogP contribution in [-0.4, -0.2) is 63.1 Å². The van der Waals surface area contributed by atoms with Gasteiger partial charge >= 0.3 is 6.03 Å². The standard InChI is InChI=1S/C22H21N5O6S2/c28-20(24-15-1-4-17(5-2-15)35(30,31)25-21-23-7-12-34-21)14-26-8-9-27(22(26)29)16-3-6-18-19(13-16)33-11-10-32-18/h1-7,12-13H,8-11,14H2,(H,23,25)(H,24,28). The van der Waals surface area contributed by atoms with Gasteiger partial charge in [-0.05, 0) is 36.4 Å². The summed E-state index contributed by atoms with van der Waals surface area (Å²) in [5, 5.41) is 4.63. The van der Waals surface area contributed by atoms with E-state index in [9.17, 15) is 18.0 Å². The summed E-state index contributed by atoms with van der Waals surface area (Å²) in [7, 11) is -3.78. The minimum atomic E-state index is -3.78. The molecule has 2 N–H and O–H groups in total.